The van der Waals surface area contributed by atoms with Crippen molar-refractivity contribution in [1.29, 1.82) is 0 Å². The van der Waals surface area contributed by atoms with E-state index in [0.29, 0.717) is 11.8 Å². The smallest absolute Gasteiger partial charge is 0.119 e. The molecule has 1 heteroatoms. The van der Waals surface area contributed by atoms with Gasteiger partial charge in [0.1, 0.15) is 5.75 Å². The first-order chi connectivity index (χ1) is 19.2. The quantitative estimate of drug-likeness (QED) is 0.198. The van der Waals surface area contributed by atoms with Gasteiger partial charge in [-0.25, -0.2) is 0 Å². The van der Waals surface area contributed by atoms with Crippen molar-refractivity contribution in [3.63, 3.8) is 0 Å². The Labute approximate surface area is 239 Å². The summed E-state index contributed by atoms with van der Waals surface area (Å²) in [6.07, 6.45) is 24.3. The summed E-state index contributed by atoms with van der Waals surface area (Å²) in [5, 5.41) is 0. The number of rotatable bonds is 12. The molecule has 0 unspecified atom stereocenters. The van der Waals surface area contributed by atoms with E-state index in [9.17, 15) is 0 Å². The predicted octanol–water partition coefficient (Wildman–Crippen LogP) is 11.0. The van der Waals surface area contributed by atoms with Crippen LogP contribution in [0.3, 0.4) is 0 Å². The van der Waals surface area contributed by atoms with Gasteiger partial charge in [0.2, 0.25) is 0 Å². The van der Waals surface area contributed by atoms with Crippen LogP contribution in [0.2, 0.25) is 0 Å². The number of hydrogen-bond donors (Lipinski definition) is 0. The van der Waals surface area contributed by atoms with Crippen molar-refractivity contribution < 1.29 is 4.74 Å². The first-order valence-corrected chi connectivity index (χ1v) is 16.3. The maximum atomic E-state index is 5.88. The van der Waals surface area contributed by atoms with Crippen LogP contribution in [-0.4, -0.2) is 6.61 Å². The van der Waals surface area contributed by atoms with Gasteiger partial charge in [-0.05, 0) is 123 Å². The third-order valence-electron chi connectivity index (χ3n) is 9.25. The zero-order chi connectivity index (χ0) is 27.1. The molecular weight excluding hydrogens is 472 g/mol. The average molecular weight is 525 g/mol. The van der Waals surface area contributed by atoms with E-state index in [1.807, 2.05) is 0 Å². The van der Waals surface area contributed by atoms with Crippen LogP contribution in [0, 0.1) is 23.7 Å². The van der Waals surface area contributed by atoms with E-state index in [0.717, 1.165) is 36.2 Å². The minimum Gasteiger partial charge on any atom is -0.494 e. The summed E-state index contributed by atoms with van der Waals surface area (Å²) in [6, 6.07) is 18.0. The molecule has 0 aliphatic heterocycles. The first kappa shape index (κ1) is 29.5. The minimum absolute atomic E-state index is 0.663. The molecule has 2 saturated carbocycles. The summed E-state index contributed by atoms with van der Waals surface area (Å²) in [4.78, 5) is 0. The predicted molar refractivity (Wildman–Crippen MR) is 167 cm³/mol. The monoisotopic (exact) mass is 524 g/mol. The maximum absolute atomic E-state index is 5.88. The Kier molecular flexibility index (Phi) is 12.6. The summed E-state index contributed by atoms with van der Waals surface area (Å²) < 4.78 is 5.88. The number of ether oxygens (including phenoxy) is 1. The van der Waals surface area contributed by atoms with Gasteiger partial charge in [0.05, 0.1) is 6.61 Å². The highest BCUT2D eigenvalue weighted by Crippen LogP contribution is 2.38. The molecule has 2 aromatic carbocycles. The van der Waals surface area contributed by atoms with Gasteiger partial charge in [-0.1, -0.05) is 94.6 Å². The van der Waals surface area contributed by atoms with Crippen molar-refractivity contribution in [2.24, 2.45) is 11.8 Å². The van der Waals surface area contributed by atoms with Crippen LogP contribution in [0.15, 0.2) is 60.7 Å². The fraction of sp³-hybridized carbons (Fsp3) is 0.579. The second kappa shape index (κ2) is 16.6. The molecule has 2 fully saturated rings. The lowest BCUT2D eigenvalue weighted by molar-refractivity contribution is 0.303. The first-order valence-electron chi connectivity index (χ1n) is 16.3. The van der Waals surface area contributed by atoms with Gasteiger partial charge in [0.25, 0.3) is 0 Å². The highest BCUT2D eigenvalue weighted by Gasteiger charge is 2.22. The molecule has 0 saturated heterocycles. The van der Waals surface area contributed by atoms with Gasteiger partial charge in [-0.15, -0.1) is 0 Å². The Morgan fingerprint density at radius 2 is 1.28 bits per heavy atom. The summed E-state index contributed by atoms with van der Waals surface area (Å²) in [7, 11) is 0. The number of benzene rings is 2. The Bertz CT molecular complexity index is 1020. The van der Waals surface area contributed by atoms with Crippen LogP contribution in [0.1, 0.15) is 139 Å². The minimum atomic E-state index is 0.663. The van der Waals surface area contributed by atoms with Crippen LogP contribution in [0.4, 0.5) is 0 Å². The van der Waals surface area contributed by atoms with Gasteiger partial charge < -0.3 is 4.74 Å². The van der Waals surface area contributed by atoms with E-state index < -0.39 is 0 Å². The average Bonchev–Trinajstić information content (AvgIpc) is 2.99. The van der Waals surface area contributed by atoms with Gasteiger partial charge in [-0.3, -0.25) is 0 Å². The second-order valence-electron chi connectivity index (χ2n) is 12.2. The van der Waals surface area contributed by atoms with Crippen LogP contribution in [-0.2, 0) is 0 Å². The summed E-state index contributed by atoms with van der Waals surface area (Å²) in [5.74, 6) is 10.8. The molecule has 0 amide bonds. The Hall–Kier alpha value is -2.46. The summed E-state index contributed by atoms with van der Waals surface area (Å²) >= 11 is 0. The summed E-state index contributed by atoms with van der Waals surface area (Å²) in [5.41, 5.74) is 4.13. The molecule has 0 heterocycles. The number of unbranched alkanes of at least 4 members (excludes halogenated alkanes) is 4. The van der Waals surface area contributed by atoms with E-state index >= 15 is 0 Å². The van der Waals surface area contributed by atoms with Gasteiger partial charge in [-0.2, -0.15) is 0 Å². The lowest BCUT2D eigenvalue weighted by Crippen LogP contribution is -2.13. The number of hydrogen-bond acceptors (Lipinski definition) is 1. The van der Waals surface area contributed by atoms with Crippen molar-refractivity contribution in [1.82, 2.24) is 0 Å². The van der Waals surface area contributed by atoms with E-state index in [2.05, 4.69) is 86.4 Å². The standard InChI is InChI=1S/C38H52O/c1-3-5-7-11-31-14-20-34(21-15-31)35-22-16-32(17-23-35)12-8-9-13-33-18-24-36(25-19-33)37-26-28-38(29-27-37)39-30-10-6-4-2/h9,13,16-17,22-23,26-29,31,33-34,36H,3-7,10-11,14-15,18-21,24-25,30H2,1-2H3. The molecule has 4 rings (SSSR count). The Morgan fingerprint density at radius 3 is 1.92 bits per heavy atom. The van der Waals surface area contributed by atoms with Crippen LogP contribution in [0.5, 0.6) is 5.75 Å². The van der Waals surface area contributed by atoms with E-state index in [4.69, 9.17) is 4.74 Å². The van der Waals surface area contributed by atoms with Crippen molar-refractivity contribution >= 4 is 0 Å². The molecule has 2 aliphatic rings. The highest BCUT2D eigenvalue weighted by atomic mass is 16.5. The third-order valence-corrected chi connectivity index (χ3v) is 9.25. The van der Waals surface area contributed by atoms with Crippen LogP contribution >= 0.6 is 0 Å². The van der Waals surface area contributed by atoms with Gasteiger partial charge in [0.15, 0.2) is 0 Å². The normalized spacial score (nSPS) is 23.3. The molecule has 2 aromatic rings. The van der Waals surface area contributed by atoms with Crippen molar-refractivity contribution in [3.05, 3.63) is 77.4 Å². The lowest BCUT2D eigenvalue weighted by Gasteiger charge is -2.29. The molecule has 0 spiro atoms. The van der Waals surface area contributed by atoms with Crippen LogP contribution in [0.25, 0.3) is 0 Å². The fourth-order valence-electron chi connectivity index (χ4n) is 6.64. The molecule has 0 aromatic heterocycles. The van der Waals surface area contributed by atoms with Crippen molar-refractivity contribution in [3.8, 4) is 17.6 Å². The van der Waals surface area contributed by atoms with Gasteiger partial charge in [0, 0.05) is 5.56 Å². The molecule has 0 bridgehead atoms. The number of allylic oxidation sites excluding steroid dienone is 2. The molecule has 0 N–H and O–H groups in total. The second-order valence-corrected chi connectivity index (χ2v) is 12.2. The zero-order valence-electron chi connectivity index (χ0n) is 24.8. The Balaban J connectivity index is 1.16. The van der Waals surface area contributed by atoms with Crippen molar-refractivity contribution in [2.75, 3.05) is 6.61 Å². The van der Waals surface area contributed by atoms with E-state index in [-0.39, 0.29) is 0 Å². The lowest BCUT2D eigenvalue weighted by atomic mass is 9.77. The molecule has 39 heavy (non-hydrogen) atoms. The Morgan fingerprint density at radius 1 is 0.692 bits per heavy atom. The van der Waals surface area contributed by atoms with Gasteiger partial charge >= 0.3 is 0 Å². The summed E-state index contributed by atoms with van der Waals surface area (Å²) in [6.45, 7) is 5.37. The molecular formula is C38H52O. The molecule has 0 radical (unpaired) electrons. The largest absolute Gasteiger partial charge is 0.494 e. The molecule has 210 valence electrons. The third kappa shape index (κ3) is 9.90. The van der Waals surface area contributed by atoms with E-state index in [1.165, 1.54) is 101 Å². The SMILES string of the molecule is CCCCCOc1ccc(C2CCC(C=CC#Cc3ccc(C4CCC(CCCCC)CC4)cc3)CC2)cc1. The topological polar surface area (TPSA) is 9.23 Å². The molecule has 1 nitrogen and oxygen atoms in total. The van der Waals surface area contributed by atoms with Crippen LogP contribution < -0.4 is 4.74 Å². The van der Waals surface area contributed by atoms with Crippen molar-refractivity contribution in [2.45, 2.75) is 122 Å². The highest BCUT2D eigenvalue weighted by molar-refractivity contribution is 5.39. The zero-order valence-corrected chi connectivity index (χ0v) is 24.8. The molecule has 0 atom stereocenters. The fourth-order valence-corrected chi connectivity index (χ4v) is 6.64. The van der Waals surface area contributed by atoms with E-state index in [1.54, 1.807) is 0 Å². The molecule has 2 aliphatic carbocycles. The maximum Gasteiger partial charge on any atom is 0.119 e.